The van der Waals surface area contributed by atoms with Crippen LogP contribution >= 0.6 is 23.4 Å². The molecule has 2 fully saturated rings. The standard InChI is InChI=1S/C15H20ClN3O4S/c16-8-6-24-14-10(13(21)19(14)11(8)15(22)23)18-12(20)9(17)7-4-2-1-3-5-7/h7,9-10,14H,1-6,17H2,(H,18,20)(H,22,23). The second-order valence-corrected chi connectivity index (χ2v) is 7.94. The molecular weight excluding hydrogens is 354 g/mol. The van der Waals surface area contributed by atoms with Crippen LogP contribution in [0.3, 0.4) is 0 Å². The van der Waals surface area contributed by atoms with Gasteiger partial charge in [0.05, 0.1) is 11.1 Å². The van der Waals surface area contributed by atoms with Gasteiger partial charge >= 0.3 is 5.97 Å². The van der Waals surface area contributed by atoms with Crippen molar-refractivity contribution >= 4 is 41.1 Å². The Morgan fingerprint density at radius 1 is 1.33 bits per heavy atom. The normalized spacial score (nSPS) is 28.9. The van der Waals surface area contributed by atoms with E-state index in [0.717, 1.165) is 30.6 Å². The first-order valence-corrected chi connectivity index (χ1v) is 9.47. The summed E-state index contributed by atoms with van der Waals surface area (Å²) >= 11 is 7.26. The molecule has 3 rings (SSSR count). The fourth-order valence-electron chi connectivity index (χ4n) is 3.54. The van der Waals surface area contributed by atoms with Gasteiger partial charge in [0.1, 0.15) is 17.1 Å². The highest BCUT2D eigenvalue weighted by Gasteiger charge is 2.54. The van der Waals surface area contributed by atoms with Gasteiger partial charge < -0.3 is 16.2 Å². The van der Waals surface area contributed by atoms with Crippen LogP contribution in [-0.2, 0) is 14.4 Å². The van der Waals surface area contributed by atoms with Crippen LogP contribution in [0.5, 0.6) is 0 Å². The molecule has 0 aromatic carbocycles. The third-order valence-electron chi connectivity index (χ3n) is 4.88. The van der Waals surface area contributed by atoms with E-state index in [0.29, 0.717) is 5.75 Å². The van der Waals surface area contributed by atoms with Crippen molar-refractivity contribution in [3.05, 3.63) is 10.7 Å². The molecule has 7 nitrogen and oxygen atoms in total. The number of aliphatic carboxylic acids is 1. The third kappa shape index (κ3) is 3.02. The minimum absolute atomic E-state index is 0.140. The van der Waals surface area contributed by atoms with Crippen LogP contribution in [0.1, 0.15) is 32.1 Å². The van der Waals surface area contributed by atoms with E-state index < -0.39 is 29.3 Å². The molecule has 3 unspecified atom stereocenters. The van der Waals surface area contributed by atoms with E-state index in [-0.39, 0.29) is 22.6 Å². The number of halogens is 1. The van der Waals surface area contributed by atoms with Crippen LogP contribution in [0, 0.1) is 5.92 Å². The Kier molecular flexibility index (Phi) is 5.08. The molecule has 24 heavy (non-hydrogen) atoms. The number of carboxylic acids is 1. The maximum absolute atomic E-state index is 12.4. The number of carboxylic acid groups (broad SMARTS) is 1. The zero-order valence-electron chi connectivity index (χ0n) is 13.0. The number of carbonyl (C=O) groups is 3. The van der Waals surface area contributed by atoms with Crippen LogP contribution < -0.4 is 11.1 Å². The highest BCUT2D eigenvalue weighted by Crippen LogP contribution is 2.41. The second kappa shape index (κ2) is 6.93. The van der Waals surface area contributed by atoms with E-state index in [1.54, 1.807) is 0 Å². The molecule has 0 aromatic rings. The predicted octanol–water partition coefficient (Wildman–Crippen LogP) is 0.829. The highest BCUT2D eigenvalue weighted by molar-refractivity contribution is 8.00. The van der Waals surface area contributed by atoms with E-state index in [1.807, 2.05) is 0 Å². The summed E-state index contributed by atoms with van der Waals surface area (Å²) in [4.78, 5) is 37.1. The van der Waals surface area contributed by atoms with Gasteiger partial charge in [0, 0.05) is 5.75 Å². The van der Waals surface area contributed by atoms with Crippen molar-refractivity contribution in [1.29, 1.82) is 0 Å². The molecular formula is C15H20ClN3O4S. The van der Waals surface area contributed by atoms with E-state index >= 15 is 0 Å². The SMILES string of the molecule is NC(C(=O)NC1C(=O)N2C(C(=O)O)=C(Cl)CSC12)C1CCCCC1. The van der Waals surface area contributed by atoms with Crippen molar-refractivity contribution in [3.8, 4) is 0 Å². The highest BCUT2D eigenvalue weighted by atomic mass is 35.5. The Hall–Kier alpha value is -1.25. The zero-order valence-corrected chi connectivity index (χ0v) is 14.6. The Labute approximate surface area is 148 Å². The summed E-state index contributed by atoms with van der Waals surface area (Å²) in [6, 6.07) is -1.37. The van der Waals surface area contributed by atoms with Gasteiger partial charge in [-0.05, 0) is 18.8 Å². The van der Waals surface area contributed by atoms with Crippen LogP contribution in [0.2, 0.25) is 0 Å². The number of hydrogen-bond acceptors (Lipinski definition) is 5. The van der Waals surface area contributed by atoms with Crippen LogP contribution in [0.4, 0.5) is 0 Å². The number of nitrogens with zero attached hydrogens (tertiary/aromatic N) is 1. The molecule has 2 heterocycles. The molecule has 2 amide bonds. The number of nitrogens with one attached hydrogen (secondary N) is 1. The maximum atomic E-state index is 12.4. The topological polar surface area (TPSA) is 113 Å². The van der Waals surface area contributed by atoms with Crippen molar-refractivity contribution in [3.63, 3.8) is 0 Å². The van der Waals surface area contributed by atoms with Gasteiger partial charge in [0.2, 0.25) is 5.91 Å². The Bertz CT molecular complexity index is 606. The molecule has 0 bridgehead atoms. The van der Waals surface area contributed by atoms with Crippen LogP contribution in [-0.4, -0.2) is 51.0 Å². The van der Waals surface area contributed by atoms with Gasteiger partial charge in [0.25, 0.3) is 5.91 Å². The summed E-state index contributed by atoms with van der Waals surface area (Å²) in [5.41, 5.74) is 5.87. The molecule has 0 spiro atoms. The molecule has 9 heteroatoms. The second-order valence-electron chi connectivity index (χ2n) is 6.38. The smallest absolute Gasteiger partial charge is 0.353 e. The Morgan fingerprint density at radius 2 is 2.00 bits per heavy atom. The maximum Gasteiger partial charge on any atom is 0.353 e. The van der Waals surface area contributed by atoms with Crippen molar-refractivity contribution < 1.29 is 19.5 Å². The average molecular weight is 374 g/mol. The van der Waals surface area contributed by atoms with E-state index in [4.69, 9.17) is 17.3 Å². The van der Waals surface area contributed by atoms with Gasteiger partial charge in [0.15, 0.2) is 0 Å². The van der Waals surface area contributed by atoms with Crippen molar-refractivity contribution in [2.24, 2.45) is 11.7 Å². The lowest BCUT2D eigenvalue weighted by atomic mass is 9.84. The first-order valence-electron chi connectivity index (χ1n) is 8.04. The minimum Gasteiger partial charge on any atom is -0.477 e. The molecule has 132 valence electrons. The average Bonchev–Trinajstić information content (AvgIpc) is 2.59. The molecule has 0 aromatic heterocycles. The molecule has 2 aliphatic heterocycles. The predicted molar refractivity (Wildman–Crippen MR) is 90.1 cm³/mol. The molecule has 3 aliphatic rings. The number of rotatable bonds is 4. The van der Waals surface area contributed by atoms with Gasteiger partial charge in [-0.25, -0.2) is 4.79 Å². The summed E-state index contributed by atoms with van der Waals surface area (Å²) in [5.74, 6) is -1.57. The number of carbonyl (C=O) groups excluding carboxylic acids is 2. The van der Waals surface area contributed by atoms with Gasteiger partial charge in [-0.2, -0.15) is 0 Å². The summed E-state index contributed by atoms with van der Waals surface area (Å²) in [7, 11) is 0. The monoisotopic (exact) mass is 373 g/mol. The molecule has 0 radical (unpaired) electrons. The van der Waals surface area contributed by atoms with Crippen molar-refractivity contribution in [2.45, 2.75) is 49.6 Å². The summed E-state index contributed by atoms with van der Waals surface area (Å²) < 4.78 is 0. The lowest BCUT2D eigenvalue weighted by Crippen LogP contribution is -2.71. The number of thioether (sulfide) groups is 1. The summed E-state index contributed by atoms with van der Waals surface area (Å²) in [5, 5.41) is 11.6. The number of β-lactam (4-membered cyclic amide) rings is 1. The molecule has 3 atom stereocenters. The van der Waals surface area contributed by atoms with Crippen LogP contribution in [0.15, 0.2) is 10.7 Å². The van der Waals surface area contributed by atoms with E-state index in [1.165, 1.54) is 18.2 Å². The third-order valence-corrected chi connectivity index (χ3v) is 6.63. The van der Waals surface area contributed by atoms with Crippen molar-refractivity contribution in [1.82, 2.24) is 10.2 Å². The Morgan fingerprint density at radius 3 is 2.62 bits per heavy atom. The minimum atomic E-state index is -1.23. The summed E-state index contributed by atoms with van der Waals surface area (Å²) in [6.07, 6.45) is 5.18. The molecule has 4 N–H and O–H groups in total. The number of fused-ring (bicyclic) bond motifs is 1. The first-order chi connectivity index (χ1) is 11.4. The van der Waals surface area contributed by atoms with E-state index in [2.05, 4.69) is 5.32 Å². The fraction of sp³-hybridized carbons (Fsp3) is 0.667. The Balaban J connectivity index is 1.64. The molecule has 1 saturated heterocycles. The largest absolute Gasteiger partial charge is 0.477 e. The van der Waals surface area contributed by atoms with Gasteiger partial charge in [-0.15, -0.1) is 11.8 Å². The number of hydrogen-bond donors (Lipinski definition) is 3. The first kappa shape index (κ1) is 17.6. The lowest BCUT2D eigenvalue weighted by Gasteiger charge is -2.49. The number of amides is 2. The zero-order chi connectivity index (χ0) is 17.4. The quantitative estimate of drug-likeness (QED) is 0.629. The fourth-order valence-corrected chi connectivity index (χ4v) is 5.09. The van der Waals surface area contributed by atoms with Gasteiger partial charge in [-0.3, -0.25) is 14.5 Å². The number of nitrogens with two attached hydrogens (primary N) is 1. The van der Waals surface area contributed by atoms with Crippen LogP contribution in [0.25, 0.3) is 0 Å². The molecule has 1 aliphatic carbocycles. The lowest BCUT2D eigenvalue weighted by molar-refractivity contribution is -0.151. The molecule has 1 saturated carbocycles. The van der Waals surface area contributed by atoms with Gasteiger partial charge in [-0.1, -0.05) is 30.9 Å². The summed E-state index contributed by atoms with van der Waals surface area (Å²) in [6.45, 7) is 0. The van der Waals surface area contributed by atoms with E-state index in [9.17, 15) is 19.5 Å². The van der Waals surface area contributed by atoms with Crippen molar-refractivity contribution in [2.75, 3.05) is 5.75 Å².